The first kappa shape index (κ1) is 13.5. The zero-order valence-electron chi connectivity index (χ0n) is 9.58. The molecule has 2 nitrogen and oxygen atoms in total. The predicted octanol–water partition coefficient (Wildman–Crippen LogP) is 3.40. The predicted molar refractivity (Wildman–Crippen MR) is 60.6 cm³/mol. The Morgan fingerprint density at radius 1 is 1.11 bits per heavy atom. The summed E-state index contributed by atoms with van der Waals surface area (Å²) < 4.78 is 51.5. The standard InChI is InChI=1S/C13H9F4NO/c14-11-4-2-1-3-9(11)10-5-8(13(15,16)17)6-18-12(10)7-19/h1-6,19H,7H2. The van der Waals surface area contributed by atoms with Crippen LogP contribution in [-0.4, -0.2) is 10.1 Å². The van der Waals surface area contributed by atoms with Gasteiger partial charge < -0.3 is 5.11 Å². The zero-order chi connectivity index (χ0) is 14.0. The molecule has 0 aliphatic rings. The fourth-order valence-corrected chi connectivity index (χ4v) is 1.69. The van der Waals surface area contributed by atoms with Gasteiger partial charge in [-0.2, -0.15) is 13.2 Å². The minimum Gasteiger partial charge on any atom is -0.390 e. The molecular formula is C13H9F4NO. The van der Waals surface area contributed by atoms with Gasteiger partial charge in [-0.25, -0.2) is 4.39 Å². The van der Waals surface area contributed by atoms with Crippen molar-refractivity contribution in [1.82, 2.24) is 4.98 Å². The molecule has 100 valence electrons. The van der Waals surface area contributed by atoms with Crippen LogP contribution in [0.2, 0.25) is 0 Å². The summed E-state index contributed by atoms with van der Waals surface area (Å²) in [6, 6.07) is 6.19. The van der Waals surface area contributed by atoms with Crippen LogP contribution in [0.4, 0.5) is 17.6 Å². The number of benzene rings is 1. The topological polar surface area (TPSA) is 33.1 Å². The molecule has 0 radical (unpaired) electrons. The molecule has 0 saturated heterocycles. The average Bonchev–Trinajstić information content (AvgIpc) is 2.37. The van der Waals surface area contributed by atoms with E-state index in [1.165, 1.54) is 18.2 Å². The van der Waals surface area contributed by atoms with Gasteiger partial charge in [-0.3, -0.25) is 4.98 Å². The van der Waals surface area contributed by atoms with E-state index in [0.717, 1.165) is 12.1 Å². The van der Waals surface area contributed by atoms with E-state index in [1.807, 2.05) is 0 Å². The number of pyridine rings is 1. The van der Waals surface area contributed by atoms with Crippen molar-refractivity contribution in [2.45, 2.75) is 12.8 Å². The maximum Gasteiger partial charge on any atom is 0.417 e. The van der Waals surface area contributed by atoms with Crippen LogP contribution in [0.5, 0.6) is 0 Å². The molecule has 1 aromatic heterocycles. The van der Waals surface area contributed by atoms with Crippen molar-refractivity contribution in [2.75, 3.05) is 0 Å². The molecule has 0 aliphatic heterocycles. The van der Waals surface area contributed by atoms with Gasteiger partial charge in [-0.15, -0.1) is 0 Å². The van der Waals surface area contributed by atoms with E-state index in [1.54, 1.807) is 0 Å². The Labute approximate surface area is 106 Å². The molecule has 2 rings (SSSR count). The number of aliphatic hydroxyl groups is 1. The van der Waals surface area contributed by atoms with Gasteiger partial charge in [-0.1, -0.05) is 18.2 Å². The second-order valence-corrected chi connectivity index (χ2v) is 3.85. The summed E-state index contributed by atoms with van der Waals surface area (Å²) in [5.41, 5.74) is -1.07. The number of nitrogens with zero attached hydrogens (tertiary/aromatic N) is 1. The normalized spacial score (nSPS) is 11.6. The Morgan fingerprint density at radius 2 is 1.79 bits per heavy atom. The number of hydrogen-bond acceptors (Lipinski definition) is 2. The molecule has 0 aliphatic carbocycles. The molecule has 0 fully saturated rings. The summed E-state index contributed by atoms with van der Waals surface area (Å²) in [4.78, 5) is 3.54. The average molecular weight is 271 g/mol. The molecule has 6 heteroatoms. The monoisotopic (exact) mass is 271 g/mol. The molecule has 0 spiro atoms. The van der Waals surface area contributed by atoms with E-state index < -0.39 is 24.2 Å². The van der Waals surface area contributed by atoms with Crippen molar-refractivity contribution in [3.63, 3.8) is 0 Å². The summed E-state index contributed by atoms with van der Waals surface area (Å²) in [7, 11) is 0. The fourth-order valence-electron chi connectivity index (χ4n) is 1.69. The molecule has 0 saturated carbocycles. The molecule has 1 N–H and O–H groups in total. The third kappa shape index (κ3) is 2.73. The van der Waals surface area contributed by atoms with E-state index >= 15 is 0 Å². The lowest BCUT2D eigenvalue weighted by Crippen LogP contribution is -2.08. The maximum atomic E-state index is 13.6. The van der Waals surface area contributed by atoms with Gasteiger partial charge in [0.25, 0.3) is 0 Å². The molecule has 2 aromatic rings. The van der Waals surface area contributed by atoms with Crippen LogP contribution in [0.25, 0.3) is 11.1 Å². The van der Waals surface area contributed by atoms with Crippen LogP contribution in [0.1, 0.15) is 11.3 Å². The van der Waals surface area contributed by atoms with Gasteiger partial charge in [0.05, 0.1) is 17.9 Å². The SMILES string of the molecule is OCc1ncc(C(F)(F)F)cc1-c1ccccc1F. The first-order valence-electron chi connectivity index (χ1n) is 5.35. The molecule has 19 heavy (non-hydrogen) atoms. The summed E-state index contributed by atoms with van der Waals surface area (Å²) >= 11 is 0. The lowest BCUT2D eigenvalue weighted by Gasteiger charge is -2.12. The Hall–Kier alpha value is -1.95. The van der Waals surface area contributed by atoms with Crippen molar-refractivity contribution < 1.29 is 22.7 Å². The zero-order valence-corrected chi connectivity index (χ0v) is 9.58. The van der Waals surface area contributed by atoms with Crippen LogP contribution >= 0.6 is 0 Å². The quantitative estimate of drug-likeness (QED) is 0.849. The number of hydrogen-bond donors (Lipinski definition) is 1. The highest BCUT2D eigenvalue weighted by molar-refractivity contribution is 5.67. The smallest absolute Gasteiger partial charge is 0.390 e. The second-order valence-electron chi connectivity index (χ2n) is 3.85. The highest BCUT2D eigenvalue weighted by atomic mass is 19.4. The van der Waals surface area contributed by atoms with E-state index in [9.17, 15) is 17.6 Å². The molecule has 1 aromatic carbocycles. The number of alkyl halides is 3. The summed E-state index contributed by atoms with van der Waals surface area (Å²) in [5, 5.41) is 9.10. The highest BCUT2D eigenvalue weighted by Crippen LogP contribution is 2.33. The van der Waals surface area contributed by atoms with Gasteiger partial charge in [0, 0.05) is 17.3 Å². The van der Waals surface area contributed by atoms with Crippen LogP contribution in [0.3, 0.4) is 0 Å². The van der Waals surface area contributed by atoms with Gasteiger partial charge in [0.15, 0.2) is 0 Å². The van der Waals surface area contributed by atoms with Gasteiger partial charge in [0.1, 0.15) is 5.82 Å². The number of rotatable bonds is 2. The van der Waals surface area contributed by atoms with Crippen molar-refractivity contribution in [3.05, 3.63) is 53.6 Å². The number of aliphatic hydroxyl groups excluding tert-OH is 1. The van der Waals surface area contributed by atoms with Crippen LogP contribution in [0.15, 0.2) is 36.5 Å². The van der Waals surface area contributed by atoms with E-state index in [-0.39, 0.29) is 16.8 Å². The molecule has 0 bridgehead atoms. The number of aromatic nitrogens is 1. The molecule has 1 heterocycles. The van der Waals surface area contributed by atoms with Crippen LogP contribution in [-0.2, 0) is 12.8 Å². The summed E-state index contributed by atoms with van der Waals surface area (Å²) in [6.07, 6.45) is -3.95. The fraction of sp³-hybridized carbons (Fsp3) is 0.154. The van der Waals surface area contributed by atoms with E-state index in [0.29, 0.717) is 6.20 Å². The maximum absolute atomic E-state index is 13.6. The third-order valence-electron chi connectivity index (χ3n) is 2.61. The van der Waals surface area contributed by atoms with Crippen molar-refractivity contribution in [1.29, 1.82) is 0 Å². The second kappa shape index (κ2) is 4.97. The van der Waals surface area contributed by atoms with Crippen LogP contribution in [0, 0.1) is 5.82 Å². The molecule has 0 unspecified atom stereocenters. The Kier molecular flexibility index (Phi) is 3.53. The highest BCUT2D eigenvalue weighted by Gasteiger charge is 2.32. The molecular weight excluding hydrogens is 262 g/mol. The number of halogens is 4. The van der Waals surface area contributed by atoms with Crippen molar-refractivity contribution in [3.8, 4) is 11.1 Å². The lowest BCUT2D eigenvalue weighted by molar-refractivity contribution is -0.137. The minimum atomic E-state index is -4.57. The lowest BCUT2D eigenvalue weighted by atomic mass is 10.0. The van der Waals surface area contributed by atoms with Gasteiger partial charge in [0.2, 0.25) is 0 Å². The van der Waals surface area contributed by atoms with Gasteiger partial charge >= 0.3 is 6.18 Å². The van der Waals surface area contributed by atoms with E-state index in [2.05, 4.69) is 4.98 Å². The van der Waals surface area contributed by atoms with Gasteiger partial charge in [-0.05, 0) is 12.1 Å². The minimum absolute atomic E-state index is 0.00176. The Morgan fingerprint density at radius 3 is 2.37 bits per heavy atom. The first-order valence-corrected chi connectivity index (χ1v) is 5.35. The largest absolute Gasteiger partial charge is 0.417 e. The molecule has 0 amide bonds. The third-order valence-corrected chi connectivity index (χ3v) is 2.61. The molecule has 0 atom stereocenters. The van der Waals surface area contributed by atoms with Crippen molar-refractivity contribution >= 4 is 0 Å². The van der Waals surface area contributed by atoms with E-state index in [4.69, 9.17) is 5.11 Å². The summed E-state index contributed by atoms with van der Waals surface area (Å²) in [6.45, 7) is -0.568. The summed E-state index contributed by atoms with van der Waals surface area (Å²) in [5.74, 6) is -0.668. The van der Waals surface area contributed by atoms with Crippen molar-refractivity contribution in [2.24, 2.45) is 0 Å². The Bertz CT molecular complexity index is 595. The Balaban J connectivity index is 2.64. The van der Waals surface area contributed by atoms with Crippen LogP contribution < -0.4 is 0 Å². The first-order chi connectivity index (χ1) is 8.93.